The summed E-state index contributed by atoms with van der Waals surface area (Å²) in [5, 5.41) is 15.2. The van der Waals surface area contributed by atoms with Crippen molar-refractivity contribution in [1.29, 1.82) is 0 Å². The van der Waals surface area contributed by atoms with Gasteiger partial charge in [0.2, 0.25) is 0 Å². The SMILES string of the molecule is CC(O)CNC(=O)c1cccc2c1CNCC2. The van der Waals surface area contributed by atoms with Gasteiger partial charge in [0.05, 0.1) is 6.10 Å². The van der Waals surface area contributed by atoms with Gasteiger partial charge in [-0.1, -0.05) is 12.1 Å². The number of hydrogen-bond acceptors (Lipinski definition) is 3. The van der Waals surface area contributed by atoms with E-state index in [1.807, 2.05) is 12.1 Å². The molecule has 0 aromatic heterocycles. The van der Waals surface area contributed by atoms with Gasteiger partial charge >= 0.3 is 0 Å². The van der Waals surface area contributed by atoms with Crippen molar-refractivity contribution in [3.05, 3.63) is 34.9 Å². The molecule has 3 N–H and O–H groups in total. The van der Waals surface area contributed by atoms with Crippen LogP contribution >= 0.6 is 0 Å². The van der Waals surface area contributed by atoms with Crippen LogP contribution < -0.4 is 10.6 Å². The third kappa shape index (κ3) is 2.84. The van der Waals surface area contributed by atoms with Crippen LogP contribution in [0.15, 0.2) is 18.2 Å². The number of carbonyl (C=O) groups excluding carboxylic acids is 1. The second-order valence-corrected chi connectivity index (χ2v) is 4.43. The molecule has 0 spiro atoms. The summed E-state index contributed by atoms with van der Waals surface area (Å²) >= 11 is 0. The van der Waals surface area contributed by atoms with Crippen molar-refractivity contribution in [3.63, 3.8) is 0 Å². The topological polar surface area (TPSA) is 61.4 Å². The molecule has 4 nitrogen and oxygen atoms in total. The van der Waals surface area contributed by atoms with E-state index in [2.05, 4.69) is 16.7 Å². The molecule has 1 amide bonds. The minimum atomic E-state index is -0.517. The summed E-state index contributed by atoms with van der Waals surface area (Å²) in [7, 11) is 0. The first-order valence-electron chi connectivity index (χ1n) is 5.96. The molecule has 1 aliphatic rings. The first kappa shape index (κ1) is 12.1. The standard InChI is InChI=1S/C13H18N2O2/c1-9(16)7-15-13(17)11-4-2-3-10-5-6-14-8-12(10)11/h2-4,9,14,16H,5-8H2,1H3,(H,15,17). The molecule has 17 heavy (non-hydrogen) atoms. The number of carbonyl (C=O) groups is 1. The monoisotopic (exact) mass is 234 g/mol. The Morgan fingerprint density at radius 1 is 1.59 bits per heavy atom. The van der Waals surface area contributed by atoms with Crippen LogP contribution in [0.3, 0.4) is 0 Å². The van der Waals surface area contributed by atoms with Gasteiger partial charge in [0, 0.05) is 18.7 Å². The first-order chi connectivity index (χ1) is 8.18. The van der Waals surface area contributed by atoms with Crippen molar-refractivity contribution < 1.29 is 9.90 Å². The fourth-order valence-corrected chi connectivity index (χ4v) is 2.06. The number of aliphatic hydroxyl groups is 1. The van der Waals surface area contributed by atoms with Crippen molar-refractivity contribution >= 4 is 5.91 Å². The van der Waals surface area contributed by atoms with Crippen LogP contribution in [0.1, 0.15) is 28.4 Å². The summed E-state index contributed by atoms with van der Waals surface area (Å²) < 4.78 is 0. The Hall–Kier alpha value is -1.39. The molecule has 0 fully saturated rings. The second kappa shape index (κ2) is 5.29. The fraction of sp³-hybridized carbons (Fsp3) is 0.462. The highest BCUT2D eigenvalue weighted by Crippen LogP contribution is 2.18. The molecule has 0 saturated heterocycles. The Kier molecular flexibility index (Phi) is 3.76. The molecule has 4 heteroatoms. The van der Waals surface area contributed by atoms with Crippen LogP contribution in [-0.2, 0) is 13.0 Å². The summed E-state index contributed by atoms with van der Waals surface area (Å²) in [4.78, 5) is 12.0. The lowest BCUT2D eigenvalue weighted by Gasteiger charge is -2.20. The Bertz CT molecular complexity index is 416. The Labute approximate surface area is 101 Å². The van der Waals surface area contributed by atoms with Crippen molar-refractivity contribution in [3.8, 4) is 0 Å². The molecule has 0 saturated carbocycles. The van der Waals surface area contributed by atoms with Gasteiger partial charge in [0.15, 0.2) is 0 Å². The van der Waals surface area contributed by atoms with Gasteiger partial charge in [0.25, 0.3) is 5.91 Å². The maximum absolute atomic E-state index is 12.0. The van der Waals surface area contributed by atoms with E-state index in [9.17, 15) is 4.79 Å². The average molecular weight is 234 g/mol. The third-order valence-corrected chi connectivity index (χ3v) is 2.95. The van der Waals surface area contributed by atoms with Crippen LogP contribution in [0.25, 0.3) is 0 Å². The summed E-state index contributed by atoms with van der Waals surface area (Å²) in [5.41, 5.74) is 3.05. The molecule has 92 valence electrons. The molecule has 1 heterocycles. The number of aliphatic hydroxyl groups excluding tert-OH is 1. The van der Waals surface area contributed by atoms with Gasteiger partial charge in [-0.15, -0.1) is 0 Å². The zero-order valence-electron chi connectivity index (χ0n) is 9.99. The minimum Gasteiger partial charge on any atom is -0.392 e. The maximum atomic E-state index is 12.0. The van der Waals surface area contributed by atoms with E-state index in [4.69, 9.17) is 5.11 Å². The van der Waals surface area contributed by atoms with Gasteiger partial charge in [-0.2, -0.15) is 0 Å². The zero-order chi connectivity index (χ0) is 12.3. The molecule has 0 bridgehead atoms. The van der Waals surface area contributed by atoms with E-state index in [1.54, 1.807) is 6.92 Å². The van der Waals surface area contributed by atoms with Crippen LogP contribution in [0.2, 0.25) is 0 Å². The number of benzene rings is 1. The van der Waals surface area contributed by atoms with Gasteiger partial charge in [-0.05, 0) is 37.1 Å². The summed E-state index contributed by atoms with van der Waals surface area (Å²) in [6.07, 6.45) is 0.448. The molecular formula is C13H18N2O2. The van der Waals surface area contributed by atoms with Crippen LogP contribution in [0.4, 0.5) is 0 Å². The van der Waals surface area contributed by atoms with E-state index in [0.29, 0.717) is 0 Å². The van der Waals surface area contributed by atoms with Gasteiger partial charge in [0.1, 0.15) is 0 Å². The van der Waals surface area contributed by atoms with E-state index >= 15 is 0 Å². The lowest BCUT2D eigenvalue weighted by Crippen LogP contribution is -2.33. The van der Waals surface area contributed by atoms with Crippen molar-refractivity contribution in [2.24, 2.45) is 0 Å². The van der Waals surface area contributed by atoms with Crippen LogP contribution in [-0.4, -0.2) is 30.2 Å². The number of nitrogens with one attached hydrogen (secondary N) is 2. The normalized spacial score (nSPS) is 16.1. The Balaban J connectivity index is 2.17. The van der Waals surface area contributed by atoms with E-state index in [0.717, 1.165) is 30.6 Å². The molecule has 0 radical (unpaired) electrons. The summed E-state index contributed by atoms with van der Waals surface area (Å²) in [6, 6.07) is 5.83. The highest BCUT2D eigenvalue weighted by molar-refractivity contribution is 5.96. The largest absolute Gasteiger partial charge is 0.392 e. The third-order valence-electron chi connectivity index (χ3n) is 2.95. The molecule has 1 unspecified atom stereocenters. The van der Waals surface area contributed by atoms with Crippen molar-refractivity contribution in [2.75, 3.05) is 13.1 Å². The molecule has 1 aromatic carbocycles. The van der Waals surface area contributed by atoms with Crippen molar-refractivity contribution in [2.45, 2.75) is 26.0 Å². The predicted octanol–water partition coefficient (Wildman–Crippen LogP) is 0.443. The molecule has 1 aliphatic heterocycles. The highest BCUT2D eigenvalue weighted by Gasteiger charge is 2.16. The number of fused-ring (bicyclic) bond motifs is 1. The van der Waals surface area contributed by atoms with Crippen molar-refractivity contribution in [1.82, 2.24) is 10.6 Å². The van der Waals surface area contributed by atoms with E-state index in [1.165, 1.54) is 5.56 Å². The molecular weight excluding hydrogens is 216 g/mol. The Morgan fingerprint density at radius 2 is 2.41 bits per heavy atom. The van der Waals surface area contributed by atoms with Crippen LogP contribution in [0.5, 0.6) is 0 Å². The molecule has 2 rings (SSSR count). The van der Waals surface area contributed by atoms with Crippen LogP contribution in [0, 0.1) is 0 Å². The number of hydrogen-bond donors (Lipinski definition) is 3. The minimum absolute atomic E-state index is 0.105. The summed E-state index contributed by atoms with van der Waals surface area (Å²) in [5.74, 6) is -0.105. The fourth-order valence-electron chi connectivity index (χ4n) is 2.06. The second-order valence-electron chi connectivity index (χ2n) is 4.43. The number of rotatable bonds is 3. The van der Waals surface area contributed by atoms with Gasteiger partial charge < -0.3 is 15.7 Å². The van der Waals surface area contributed by atoms with E-state index < -0.39 is 6.10 Å². The number of amides is 1. The molecule has 1 aromatic rings. The van der Waals surface area contributed by atoms with Gasteiger partial charge in [-0.25, -0.2) is 0 Å². The predicted molar refractivity (Wildman–Crippen MR) is 65.9 cm³/mol. The van der Waals surface area contributed by atoms with Gasteiger partial charge in [-0.3, -0.25) is 4.79 Å². The quantitative estimate of drug-likeness (QED) is 0.711. The Morgan fingerprint density at radius 3 is 3.18 bits per heavy atom. The molecule has 1 atom stereocenters. The lowest BCUT2D eigenvalue weighted by molar-refractivity contribution is 0.0922. The zero-order valence-corrected chi connectivity index (χ0v) is 9.99. The van der Waals surface area contributed by atoms with E-state index in [-0.39, 0.29) is 12.5 Å². The summed E-state index contributed by atoms with van der Waals surface area (Å²) in [6.45, 7) is 3.65. The highest BCUT2D eigenvalue weighted by atomic mass is 16.3. The first-order valence-corrected chi connectivity index (χ1v) is 5.96. The maximum Gasteiger partial charge on any atom is 0.251 e. The lowest BCUT2D eigenvalue weighted by atomic mass is 9.95. The smallest absolute Gasteiger partial charge is 0.251 e. The molecule has 0 aliphatic carbocycles. The average Bonchev–Trinajstić information content (AvgIpc) is 2.35.